The number of hydrogen-bond acceptors (Lipinski definition) is 4. The Hall–Kier alpha value is -1.20. The Morgan fingerprint density at radius 2 is 1.95 bits per heavy atom. The standard InChI is InChI=1S/C16H18BrNO2S/c1-3-11-4-5-16(21-11)10(2)18-13-9-15-14(8-12(13)17)19-6-7-20-15/h4-5,8-10,18H,3,6-7H2,1-2H3. The first-order valence-electron chi connectivity index (χ1n) is 7.11. The van der Waals surface area contributed by atoms with Crippen LogP contribution in [0.3, 0.4) is 0 Å². The second kappa shape index (κ2) is 6.28. The summed E-state index contributed by atoms with van der Waals surface area (Å²) in [5.74, 6) is 1.61. The van der Waals surface area contributed by atoms with Crippen molar-refractivity contribution in [3.05, 3.63) is 38.5 Å². The molecule has 3 rings (SSSR count). The van der Waals surface area contributed by atoms with Crippen molar-refractivity contribution in [1.82, 2.24) is 0 Å². The molecule has 0 saturated carbocycles. The van der Waals surface area contributed by atoms with Crippen molar-refractivity contribution in [3.8, 4) is 11.5 Å². The van der Waals surface area contributed by atoms with Gasteiger partial charge in [-0.3, -0.25) is 0 Å². The molecule has 2 heterocycles. The third kappa shape index (κ3) is 3.19. The van der Waals surface area contributed by atoms with Gasteiger partial charge < -0.3 is 14.8 Å². The summed E-state index contributed by atoms with van der Waals surface area (Å²) in [4.78, 5) is 2.76. The number of anilines is 1. The van der Waals surface area contributed by atoms with Gasteiger partial charge in [0.25, 0.3) is 0 Å². The zero-order chi connectivity index (χ0) is 14.8. The van der Waals surface area contributed by atoms with E-state index in [-0.39, 0.29) is 6.04 Å². The lowest BCUT2D eigenvalue weighted by molar-refractivity contribution is 0.171. The molecule has 5 heteroatoms. The molecule has 0 aliphatic carbocycles. The first kappa shape index (κ1) is 14.7. The summed E-state index contributed by atoms with van der Waals surface area (Å²) in [5, 5.41) is 3.54. The molecular weight excluding hydrogens is 350 g/mol. The minimum atomic E-state index is 0.258. The Bertz CT molecular complexity index is 641. The molecule has 0 radical (unpaired) electrons. The first-order chi connectivity index (χ1) is 10.2. The van der Waals surface area contributed by atoms with Gasteiger partial charge in [-0.05, 0) is 41.4 Å². The highest BCUT2D eigenvalue weighted by atomic mass is 79.9. The van der Waals surface area contributed by atoms with E-state index in [2.05, 4.69) is 47.2 Å². The van der Waals surface area contributed by atoms with E-state index in [1.54, 1.807) is 0 Å². The molecule has 0 saturated heterocycles. The second-order valence-corrected chi connectivity index (χ2v) is 7.05. The Labute approximate surface area is 137 Å². The molecule has 0 amide bonds. The molecule has 1 atom stereocenters. The van der Waals surface area contributed by atoms with E-state index >= 15 is 0 Å². The Morgan fingerprint density at radius 1 is 1.24 bits per heavy atom. The van der Waals surface area contributed by atoms with E-state index < -0.39 is 0 Å². The monoisotopic (exact) mass is 367 g/mol. The van der Waals surface area contributed by atoms with E-state index in [0.717, 1.165) is 28.1 Å². The maximum atomic E-state index is 5.64. The smallest absolute Gasteiger partial charge is 0.163 e. The maximum Gasteiger partial charge on any atom is 0.163 e. The number of aryl methyl sites for hydroxylation is 1. The Morgan fingerprint density at radius 3 is 2.62 bits per heavy atom. The number of rotatable bonds is 4. The van der Waals surface area contributed by atoms with Crippen molar-refractivity contribution in [1.29, 1.82) is 0 Å². The molecule has 21 heavy (non-hydrogen) atoms. The van der Waals surface area contributed by atoms with Crippen molar-refractivity contribution in [3.63, 3.8) is 0 Å². The van der Waals surface area contributed by atoms with Crippen molar-refractivity contribution < 1.29 is 9.47 Å². The predicted molar refractivity (Wildman–Crippen MR) is 90.9 cm³/mol. The average Bonchev–Trinajstić information content (AvgIpc) is 2.97. The molecular formula is C16H18BrNO2S. The summed E-state index contributed by atoms with van der Waals surface area (Å²) in [6.45, 7) is 5.58. The highest BCUT2D eigenvalue weighted by molar-refractivity contribution is 9.10. The van der Waals surface area contributed by atoms with Crippen LogP contribution in [0.2, 0.25) is 0 Å². The molecule has 0 bridgehead atoms. The number of nitrogens with one attached hydrogen (secondary N) is 1. The third-order valence-electron chi connectivity index (χ3n) is 3.46. The minimum absolute atomic E-state index is 0.258. The van der Waals surface area contributed by atoms with Crippen molar-refractivity contribution in [2.75, 3.05) is 18.5 Å². The summed E-state index contributed by atoms with van der Waals surface area (Å²) < 4.78 is 12.2. The number of hydrogen-bond donors (Lipinski definition) is 1. The second-order valence-electron chi connectivity index (χ2n) is 5.00. The van der Waals surface area contributed by atoms with Crippen LogP contribution >= 0.6 is 27.3 Å². The molecule has 112 valence electrons. The number of benzene rings is 1. The fourth-order valence-corrected chi connectivity index (χ4v) is 3.69. The molecule has 1 aliphatic rings. The molecule has 0 fully saturated rings. The fraction of sp³-hybridized carbons (Fsp3) is 0.375. The molecule has 1 aliphatic heterocycles. The van der Waals surface area contributed by atoms with E-state index in [4.69, 9.17) is 9.47 Å². The average molecular weight is 368 g/mol. The van der Waals surface area contributed by atoms with Gasteiger partial charge in [-0.2, -0.15) is 0 Å². The summed E-state index contributed by atoms with van der Waals surface area (Å²) in [6.07, 6.45) is 1.09. The van der Waals surface area contributed by atoms with Gasteiger partial charge in [0.1, 0.15) is 13.2 Å². The van der Waals surface area contributed by atoms with Crippen LogP contribution in [0.5, 0.6) is 11.5 Å². The van der Waals surface area contributed by atoms with Gasteiger partial charge in [0.2, 0.25) is 0 Å². The van der Waals surface area contributed by atoms with Crippen molar-refractivity contribution >= 4 is 33.0 Å². The minimum Gasteiger partial charge on any atom is -0.486 e. The van der Waals surface area contributed by atoms with Crippen LogP contribution in [0.15, 0.2) is 28.7 Å². The van der Waals surface area contributed by atoms with Crippen molar-refractivity contribution in [2.24, 2.45) is 0 Å². The molecule has 1 unspecified atom stereocenters. The predicted octanol–water partition coefficient (Wildman–Crippen LogP) is 5.02. The van der Waals surface area contributed by atoms with Crippen LogP contribution in [0.25, 0.3) is 0 Å². The van der Waals surface area contributed by atoms with Gasteiger partial charge in [0, 0.05) is 26.4 Å². The zero-order valence-corrected chi connectivity index (χ0v) is 14.5. The van der Waals surface area contributed by atoms with Crippen LogP contribution in [0, 0.1) is 0 Å². The Balaban J connectivity index is 1.80. The van der Waals surface area contributed by atoms with Crippen LogP contribution in [-0.2, 0) is 6.42 Å². The lowest BCUT2D eigenvalue weighted by Crippen LogP contribution is -2.16. The van der Waals surface area contributed by atoms with Gasteiger partial charge in [0.15, 0.2) is 11.5 Å². The lowest BCUT2D eigenvalue weighted by atomic mass is 10.2. The first-order valence-corrected chi connectivity index (χ1v) is 8.72. The topological polar surface area (TPSA) is 30.5 Å². The zero-order valence-electron chi connectivity index (χ0n) is 12.1. The van der Waals surface area contributed by atoms with Gasteiger partial charge in [-0.15, -0.1) is 11.3 Å². The summed E-state index contributed by atoms with van der Waals surface area (Å²) in [6, 6.07) is 8.64. The van der Waals surface area contributed by atoms with Crippen LogP contribution in [0.1, 0.15) is 29.6 Å². The van der Waals surface area contributed by atoms with Crippen molar-refractivity contribution in [2.45, 2.75) is 26.3 Å². The van der Waals surface area contributed by atoms with E-state index in [1.165, 1.54) is 9.75 Å². The van der Waals surface area contributed by atoms with Crippen LogP contribution in [0.4, 0.5) is 5.69 Å². The highest BCUT2D eigenvalue weighted by Crippen LogP contribution is 2.39. The SMILES string of the molecule is CCc1ccc(C(C)Nc2cc3c(cc2Br)OCCO3)s1. The number of ether oxygens (including phenoxy) is 2. The largest absolute Gasteiger partial charge is 0.486 e. The molecule has 1 N–H and O–H groups in total. The maximum absolute atomic E-state index is 5.64. The molecule has 2 aromatic rings. The molecule has 3 nitrogen and oxygen atoms in total. The number of thiophene rings is 1. The van der Waals surface area contributed by atoms with E-state index in [9.17, 15) is 0 Å². The summed E-state index contributed by atoms with van der Waals surface area (Å²) in [7, 11) is 0. The van der Waals surface area contributed by atoms with Gasteiger partial charge in [0.05, 0.1) is 11.7 Å². The van der Waals surface area contributed by atoms with Crippen LogP contribution < -0.4 is 14.8 Å². The van der Waals surface area contributed by atoms with Gasteiger partial charge >= 0.3 is 0 Å². The highest BCUT2D eigenvalue weighted by Gasteiger charge is 2.16. The normalized spacial score (nSPS) is 14.8. The lowest BCUT2D eigenvalue weighted by Gasteiger charge is -2.21. The third-order valence-corrected chi connectivity index (χ3v) is 5.53. The Kier molecular flexibility index (Phi) is 4.40. The van der Waals surface area contributed by atoms with Gasteiger partial charge in [-0.1, -0.05) is 6.92 Å². The van der Waals surface area contributed by atoms with E-state index in [1.807, 2.05) is 23.5 Å². The quantitative estimate of drug-likeness (QED) is 0.822. The summed E-state index contributed by atoms with van der Waals surface area (Å²) >= 11 is 5.46. The van der Waals surface area contributed by atoms with Gasteiger partial charge in [-0.25, -0.2) is 0 Å². The molecule has 0 spiro atoms. The fourth-order valence-electron chi connectivity index (χ4n) is 2.30. The molecule has 1 aromatic carbocycles. The number of fused-ring (bicyclic) bond motifs is 1. The van der Waals surface area contributed by atoms with Crippen LogP contribution in [-0.4, -0.2) is 13.2 Å². The number of halogens is 1. The molecule has 1 aromatic heterocycles. The van der Waals surface area contributed by atoms with E-state index in [0.29, 0.717) is 13.2 Å². The summed E-state index contributed by atoms with van der Waals surface area (Å²) in [5.41, 5.74) is 1.03.